The van der Waals surface area contributed by atoms with Crippen molar-refractivity contribution in [3.8, 4) is 22.9 Å². The van der Waals surface area contributed by atoms with Gasteiger partial charge < -0.3 is 14.0 Å². The summed E-state index contributed by atoms with van der Waals surface area (Å²) in [7, 11) is 1.61. The van der Waals surface area contributed by atoms with Crippen molar-refractivity contribution in [2.24, 2.45) is 0 Å². The highest BCUT2D eigenvalue weighted by molar-refractivity contribution is 5.79. The van der Waals surface area contributed by atoms with Gasteiger partial charge in [-0.05, 0) is 36.4 Å². The minimum atomic E-state index is 0.0913. The Morgan fingerprint density at radius 3 is 2.65 bits per heavy atom. The second-order valence-electron chi connectivity index (χ2n) is 4.68. The summed E-state index contributed by atoms with van der Waals surface area (Å²) in [5.41, 5.74) is 1.29. The van der Waals surface area contributed by atoms with Crippen LogP contribution >= 0.6 is 0 Å². The molecule has 1 heterocycles. The molecule has 0 bridgehead atoms. The number of hydrogen-bond donors (Lipinski definition) is 0. The van der Waals surface area contributed by atoms with E-state index in [2.05, 4.69) is 10.1 Å². The van der Waals surface area contributed by atoms with Crippen molar-refractivity contribution in [1.82, 2.24) is 10.1 Å². The van der Waals surface area contributed by atoms with Crippen LogP contribution in [0.2, 0.25) is 0 Å². The molecule has 0 saturated carbocycles. The van der Waals surface area contributed by atoms with Crippen molar-refractivity contribution in [2.45, 2.75) is 6.61 Å². The molecule has 2 aromatic carbocycles. The van der Waals surface area contributed by atoms with Crippen LogP contribution in [-0.2, 0) is 6.61 Å². The number of ether oxygens (including phenoxy) is 2. The average molecular weight is 310 g/mol. The fourth-order valence-corrected chi connectivity index (χ4v) is 2.02. The first-order valence-corrected chi connectivity index (χ1v) is 6.94. The molecule has 0 fully saturated rings. The summed E-state index contributed by atoms with van der Waals surface area (Å²) in [6, 6.07) is 14.3. The lowest BCUT2D eigenvalue weighted by atomic mass is 10.2. The maximum Gasteiger partial charge on any atom is 0.264 e. The Hall–Kier alpha value is -3.15. The van der Waals surface area contributed by atoms with E-state index in [0.29, 0.717) is 23.0 Å². The molecule has 0 saturated heterocycles. The number of rotatable bonds is 6. The van der Waals surface area contributed by atoms with Crippen LogP contribution in [0.4, 0.5) is 0 Å². The number of methoxy groups -OCH3 is 1. The summed E-state index contributed by atoms with van der Waals surface area (Å²) in [5, 5.41) is 3.92. The van der Waals surface area contributed by atoms with Gasteiger partial charge in [-0.2, -0.15) is 4.98 Å². The summed E-state index contributed by atoms with van der Waals surface area (Å²) < 4.78 is 15.8. The van der Waals surface area contributed by atoms with E-state index in [9.17, 15) is 4.79 Å². The maximum atomic E-state index is 10.9. The van der Waals surface area contributed by atoms with Crippen LogP contribution in [0.1, 0.15) is 16.2 Å². The standard InChI is InChI=1S/C17H14N2O4/c1-21-14-8-6-12(7-9-14)17-18-16(23-19-17)11-22-15-5-3-2-4-13(15)10-20/h2-10H,11H2,1H3. The summed E-state index contributed by atoms with van der Waals surface area (Å²) in [5.74, 6) is 2.03. The van der Waals surface area contributed by atoms with Crippen LogP contribution in [-0.4, -0.2) is 23.5 Å². The van der Waals surface area contributed by atoms with Gasteiger partial charge in [0.15, 0.2) is 12.9 Å². The molecule has 116 valence electrons. The molecule has 3 rings (SSSR count). The Labute approximate surface area is 132 Å². The zero-order valence-corrected chi connectivity index (χ0v) is 12.4. The predicted octanol–water partition coefficient (Wildman–Crippen LogP) is 3.14. The lowest BCUT2D eigenvalue weighted by Crippen LogP contribution is -1.98. The van der Waals surface area contributed by atoms with Crippen LogP contribution in [0.5, 0.6) is 11.5 Å². The maximum absolute atomic E-state index is 10.9. The smallest absolute Gasteiger partial charge is 0.264 e. The monoisotopic (exact) mass is 310 g/mol. The Bertz CT molecular complexity index is 796. The first kappa shape index (κ1) is 14.8. The molecule has 0 amide bonds. The molecule has 0 N–H and O–H groups in total. The Morgan fingerprint density at radius 2 is 1.91 bits per heavy atom. The van der Waals surface area contributed by atoms with E-state index < -0.39 is 0 Å². The number of hydrogen-bond acceptors (Lipinski definition) is 6. The van der Waals surface area contributed by atoms with Crippen molar-refractivity contribution < 1.29 is 18.8 Å². The average Bonchev–Trinajstić information content (AvgIpc) is 3.09. The zero-order valence-electron chi connectivity index (χ0n) is 12.4. The van der Waals surface area contributed by atoms with Crippen molar-refractivity contribution in [1.29, 1.82) is 0 Å². The molecule has 6 nitrogen and oxygen atoms in total. The minimum Gasteiger partial charge on any atom is -0.497 e. The predicted molar refractivity (Wildman–Crippen MR) is 82.4 cm³/mol. The van der Waals surface area contributed by atoms with Gasteiger partial charge in [0, 0.05) is 5.56 Å². The summed E-state index contributed by atoms with van der Waals surface area (Å²) >= 11 is 0. The van der Waals surface area contributed by atoms with Gasteiger partial charge in [0.25, 0.3) is 5.89 Å². The fourth-order valence-electron chi connectivity index (χ4n) is 2.02. The Morgan fingerprint density at radius 1 is 1.13 bits per heavy atom. The lowest BCUT2D eigenvalue weighted by Gasteiger charge is -2.04. The summed E-state index contributed by atoms with van der Waals surface area (Å²) in [6.07, 6.45) is 0.742. The van der Waals surface area contributed by atoms with Crippen LogP contribution in [0.3, 0.4) is 0 Å². The molecule has 0 radical (unpaired) electrons. The number of aromatic nitrogens is 2. The second kappa shape index (κ2) is 6.74. The quantitative estimate of drug-likeness (QED) is 0.651. The normalized spacial score (nSPS) is 10.3. The van der Waals surface area contributed by atoms with E-state index in [1.165, 1.54) is 0 Å². The molecule has 0 unspecified atom stereocenters. The van der Waals surface area contributed by atoms with E-state index in [1.807, 2.05) is 24.3 Å². The molecule has 23 heavy (non-hydrogen) atoms. The molecule has 1 aromatic heterocycles. The molecule has 0 atom stereocenters. The van der Waals surface area contributed by atoms with Gasteiger partial charge in [-0.1, -0.05) is 17.3 Å². The van der Waals surface area contributed by atoms with Gasteiger partial charge in [0.05, 0.1) is 12.7 Å². The van der Waals surface area contributed by atoms with Crippen molar-refractivity contribution in [3.05, 3.63) is 60.0 Å². The number of carbonyl (C=O) groups excluding carboxylic acids is 1. The van der Waals surface area contributed by atoms with Gasteiger partial charge in [0.2, 0.25) is 5.82 Å². The van der Waals surface area contributed by atoms with E-state index in [-0.39, 0.29) is 6.61 Å². The van der Waals surface area contributed by atoms with Gasteiger partial charge in [-0.25, -0.2) is 0 Å². The highest BCUT2D eigenvalue weighted by atomic mass is 16.5. The van der Waals surface area contributed by atoms with Crippen LogP contribution in [0.25, 0.3) is 11.4 Å². The second-order valence-corrected chi connectivity index (χ2v) is 4.68. The molecular weight excluding hydrogens is 296 g/mol. The van der Waals surface area contributed by atoms with Gasteiger partial charge >= 0.3 is 0 Å². The van der Waals surface area contributed by atoms with Crippen LogP contribution in [0.15, 0.2) is 53.1 Å². The summed E-state index contributed by atoms with van der Waals surface area (Å²) in [6.45, 7) is 0.0913. The van der Waals surface area contributed by atoms with E-state index >= 15 is 0 Å². The highest BCUT2D eigenvalue weighted by Gasteiger charge is 2.10. The molecule has 6 heteroatoms. The van der Waals surface area contributed by atoms with Crippen molar-refractivity contribution >= 4 is 6.29 Å². The van der Waals surface area contributed by atoms with Crippen molar-refractivity contribution in [2.75, 3.05) is 7.11 Å². The number of para-hydroxylation sites is 1. The molecule has 0 aliphatic rings. The third kappa shape index (κ3) is 3.37. The molecule has 0 aliphatic carbocycles. The molecule has 0 aliphatic heterocycles. The number of carbonyl (C=O) groups is 1. The lowest BCUT2D eigenvalue weighted by molar-refractivity contribution is 0.111. The van der Waals surface area contributed by atoms with Gasteiger partial charge in [-0.3, -0.25) is 4.79 Å². The molecule has 3 aromatic rings. The van der Waals surface area contributed by atoms with Crippen LogP contribution in [0, 0.1) is 0 Å². The molecule has 0 spiro atoms. The Kier molecular flexibility index (Phi) is 4.33. The van der Waals surface area contributed by atoms with E-state index in [0.717, 1.165) is 17.6 Å². The van der Waals surface area contributed by atoms with Gasteiger partial charge in [0.1, 0.15) is 11.5 Å². The SMILES string of the molecule is COc1ccc(-c2noc(COc3ccccc3C=O)n2)cc1. The van der Waals surface area contributed by atoms with Crippen molar-refractivity contribution in [3.63, 3.8) is 0 Å². The third-order valence-electron chi connectivity index (χ3n) is 3.21. The van der Waals surface area contributed by atoms with Crippen LogP contribution < -0.4 is 9.47 Å². The number of nitrogens with zero attached hydrogens (tertiary/aromatic N) is 2. The largest absolute Gasteiger partial charge is 0.497 e. The fraction of sp³-hybridized carbons (Fsp3) is 0.118. The summed E-state index contributed by atoms with van der Waals surface area (Å²) in [4.78, 5) is 15.2. The Balaban J connectivity index is 1.70. The van der Waals surface area contributed by atoms with Gasteiger partial charge in [-0.15, -0.1) is 0 Å². The minimum absolute atomic E-state index is 0.0913. The first-order chi connectivity index (χ1) is 11.3. The molecular formula is C17H14N2O4. The van der Waals surface area contributed by atoms with E-state index in [4.69, 9.17) is 14.0 Å². The topological polar surface area (TPSA) is 74.5 Å². The number of aldehydes is 1. The number of benzene rings is 2. The van der Waals surface area contributed by atoms with E-state index in [1.54, 1.807) is 31.4 Å². The highest BCUT2D eigenvalue weighted by Crippen LogP contribution is 2.21. The zero-order chi connectivity index (χ0) is 16.1. The third-order valence-corrected chi connectivity index (χ3v) is 3.21. The first-order valence-electron chi connectivity index (χ1n) is 6.94.